The van der Waals surface area contributed by atoms with Gasteiger partial charge >= 0.3 is 0 Å². The average molecular weight is 452 g/mol. The minimum Gasteiger partial charge on any atom is -0.497 e. The Morgan fingerprint density at radius 2 is 1.97 bits per heavy atom. The second kappa shape index (κ2) is 7.96. The van der Waals surface area contributed by atoms with Crippen molar-refractivity contribution in [3.05, 3.63) is 47.5 Å². The van der Waals surface area contributed by atoms with Crippen molar-refractivity contribution in [2.75, 3.05) is 12.0 Å². The molecule has 168 valence electrons. The van der Waals surface area contributed by atoms with Gasteiger partial charge in [-0.25, -0.2) is 0 Å². The molecule has 2 amide bonds. The number of hydrogen-bond acceptors (Lipinski definition) is 4. The van der Waals surface area contributed by atoms with Gasteiger partial charge in [-0.1, -0.05) is 13.0 Å². The van der Waals surface area contributed by atoms with Crippen molar-refractivity contribution in [2.45, 2.75) is 57.7 Å². The summed E-state index contributed by atoms with van der Waals surface area (Å²) in [5.74, 6) is 1.10. The van der Waals surface area contributed by atoms with Gasteiger partial charge in [-0.2, -0.15) is 0 Å². The topological polar surface area (TPSA) is 63.6 Å². The molecule has 0 unspecified atom stereocenters. The van der Waals surface area contributed by atoms with Crippen molar-refractivity contribution >= 4 is 39.1 Å². The number of rotatable bonds is 4. The van der Waals surface area contributed by atoms with Crippen LogP contribution in [0.3, 0.4) is 0 Å². The molecular weight excluding hydrogens is 422 g/mol. The maximum Gasteiger partial charge on any atom is 0.275 e. The van der Waals surface area contributed by atoms with Crippen LogP contribution in [0.15, 0.2) is 41.8 Å². The first kappa shape index (κ1) is 21.1. The summed E-state index contributed by atoms with van der Waals surface area (Å²) in [6.07, 6.45) is 4.22. The highest BCUT2D eigenvalue weighted by Crippen LogP contribution is 2.38. The van der Waals surface area contributed by atoms with Gasteiger partial charge in [-0.3, -0.25) is 14.5 Å². The van der Waals surface area contributed by atoms with Gasteiger partial charge in [-0.15, -0.1) is 11.3 Å². The van der Waals surface area contributed by atoms with Crippen LogP contribution >= 0.6 is 11.3 Å². The predicted molar refractivity (Wildman–Crippen MR) is 128 cm³/mol. The minimum absolute atomic E-state index is 0.101. The Morgan fingerprint density at radius 1 is 1.19 bits per heavy atom. The number of aromatic nitrogens is 1. The largest absolute Gasteiger partial charge is 0.497 e. The summed E-state index contributed by atoms with van der Waals surface area (Å²) in [7, 11) is 1.60. The summed E-state index contributed by atoms with van der Waals surface area (Å²) >= 11 is 1.61. The number of fused-ring (bicyclic) bond motifs is 3. The maximum absolute atomic E-state index is 13.8. The Labute approximate surface area is 192 Å². The number of benzene rings is 1. The van der Waals surface area contributed by atoms with E-state index in [0.717, 1.165) is 35.9 Å². The fraction of sp³-hybridized carbons (Fsp3) is 0.440. The molecule has 1 N–H and O–H groups in total. The smallest absolute Gasteiger partial charge is 0.275 e. The van der Waals surface area contributed by atoms with Crippen LogP contribution in [0.2, 0.25) is 0 Å². The van der Waals surface area contributed by atoms with E-state index in [0.29, 0.717) is 29.6 Å². The van der Waals surface area contributed by atoms with E-state index in [1.807, 2.05) is 53.3 Å². The number of carbonyl (C=O) groups excluding carboxylic acids is 2. The minimum atomic E-state index is -1.06. The fourth-order valence-electron chi connectivity index (χ4n) is 5.11. The van der Waals surface area contributed by atoms with E-state index < -0.39 is 5.54 Å². The molecule has 32 heavy (non-hydrogen) atoms. The molecule has 1 saturated carbocycles. The van der Waals surface area contributed by atoms with Crippen LogP contribution < -0.4 is 15.0 Å². The highest BCUT2D eigenvalue weighted by Gasteiger charge is 2.49. The monoisotopic (exact) mass is 451 g/mol. The molecule has 2 aromatic heterocycles. The molecule has 6 nitrogen and oxygen atoms in total. The lowest BCUT2D eigenvalue weighted by Crippen LogP contribution is -2.65. The van der Waals surface area contributed by atoms with Crippen LogP contribution in [-0.2, 0) is 11.3 Å². The molecule has 0 spiro atoms. The fourth-order valence-corrected chi connectivity index (χ4v) is 5.93. The summed E-state index contributed by atoms with van der Waals surface area (Å²) in [6.45, 7) is 4.55. The molecule has 3 aromatic rings. The number of amides is 2. The van der Waals surface area contributed by atoms with E-state index in [-0.39, 0.29) is 17.9 Å². The third-order valence-electron chi connectivity index (χ3n) is 7.06. The summed E-state index contributed by atoms with van der Waals surface area (Å²) in [5.41, 5.74) is 1.23. The molecule has 1 aromatic carbocycles. The molecule has 1 atom stereocenters. The van der Waals surface area contributed by atoms with E-state index in [1.165, 1.54) is 0 Å². The maximum atomic E-state index is 13.8. The summed E-state index contributed by atoms with van der Waals surface area (Å²) < 4.78 is 8.47. The average Bonchev–Trinajstić information content (AvgIpc) is 3.38. The molecular formula is C25H29N3O3S. The van der Waals surface area contributed by atoms with Crippen LogP contribution in [0.5, 0.6) is 5.75 Å². The van der Waals surface area contributed by atoms with Gasteiger partial charge in [0.25, 0.3) is 5.91 Å². The van der Waals surface area contributed by atoms with Gasteiger partial charge in [0, 0.05) is 17.8 Å². The molecule has 1 aliphatic heterocycles. The Balaban J connectivity index is 1.57. The molecule has 0 saturated heterocycles. The lowest BCUT2D eigenvalue weighted by Gasteiger charge is -2.45. The van der Waals surface area contributed by atoms with Crippen molar-refractivity contribution in [2.24, 2.45) is 5.92 Å². The van der Waals surface area contributed by atoms with E-state index >= 15 is 0 Å². The highest BCUT2D eigenvalue weighted by molar-refractivity contribution is 7.17. The van der Waals surface area contributed by atoms with Gasteiger partial charge in [0.1, 0.15) is 17.0 Å². The van der Waals surface area contributed by atoms with Crippen LogP contribution in [-0.4, -0.2) is 35.1 Å². The number of thiophene rings is 1. The number of nitrogens with zero attached hydrogens (tertiary/aromatic N) is 2. The second-order valence-corrected chi connectivity index (χ2v) is 10.3. The van der Waals surface area contributed by atoms with E-state index in [4.69, 9.17) is 4.74 Å². The Kier molecular flexibility index (Phi) is 5.24. The third kappa shape index (κ3) is 3.39. The number of methoxy groups -OCH3 is 1. The first-order valence-electron chi connectivity index (χ1n) is 11.3. The summed E-state index contributed by atoms with van der Waals surface area (Å²) in [4.78, 5) is 29.3. The molecule has 1 aliphatic carbocycles. The predicted octanol–water partition coefficient (Wildman–Crippen LogP) is 4.83. The van der Waals surface area contributed by atoms with Gasteiger partial charge in [0.05, 0.1) is 23.9 Å². The standard InChI is InChI=1S/C25H29N3O3S/c1-16-7-9-17(10-8-16)26-24(30)25(2)15-27-20-11-12-32-22(20)14-21(27)23(29)28(25)18-5-4-6-19(13-18)31-3/h4-6,11-14,16-17H,7-10,15H2,1-3H3,(H,26,30)/t16?,17?,25-/m0/s1. The first-order chi connectivity index (χ1) is 15.4. The van der Waals surface area contributed by atoms with Crippen LogP contribution in [0.1, 0.15) is 50.0 Å². The molecule has 3 heterocycles. The Bertz CT molecular complexity index is 1170. The molecule has 0 radical (unpaired) electrons. The van der Waals surface area contributed by atoms with Crippen molar-refractivity contribution < 1.29 is 14.3 Å². The van der Waals surface area contributed by atoms with Crippen LogP contribution in [0.25, 0.3) is 10.2 Å². The molecule has 5 rings (SSSR count). The van der Waals surface area contributed by atoms with Crippen LogP contribution in [0.4, 0.5) is 5.69 Å². The van der Waals surface area contributed by atoms with E-state index in [9.17, 15) is 9.59 Å². The lowest BCUT2D eigenvalue weighted by atomic mass is 9.86. The summed E-state index contributed by atoms with van der Waals surface area (Å²) in [6, 6.07) is 11.5. The number of ether oxygens (including phenoxy) is 1. The van der Waals surface area contributed by atoms with Crippen LogP contribution in [0, 0.1) is 5.92 Å². The number of hydrogen-bond donors (Lipinski definition) is 1. The SMILES string of the molecule is COc1cccc(N2C(=O)c3cc4sccc4n3C[C@@]2(C)C(=O)NC2CCC(C)CC2)c1. The van der Waals surface area contributed by atoms with Crippen molar-refractivity contribution in [3.63, 3.8) is 0 Å². The zero-order valence-corrected chi connectivity index (χ0v) is 19.6. The summed E-state index contributed by atoms with van der Waals surface area (Å²) in [5, 5.41) is 5.31. The van der Waals surface area contributed by atoms with Gasteiger partial charge in [0.15, 0.2) is 0 Å². The second-order valence-electron chi connectivity index (χ2n) is 9.33. The van der Waals surface area contributed by atoms with Gasteiger partial charge in [0.2, 0.25) is 5.91 Å². The van der Waals surface area contributed by atoms with E-state index in [1.54, 1.807) is 23.3 Å². The van der Waals surface area contributed by atoms with Gasteiger partial charge in [-0.05, 0) is 68.2 Å². The zero-order valence-electron chi connectivity index (χ0n) is 18.8. The van der Waals surface area contributed by atoms with E-state index in [2.05, 4.69) is 12.2 Å². The number of carbonyl (C=O) groups is 2. The van der Waals surface area contributed by atoms with Crippen molar-refractivity contribution in [3.8, 4) is 5.75 Å². The molecule has 7 heteroatoms. The zero-order chi connectivity index (χ0) is 22.5. The normalized spacial score (nSPS) is 25.6. The Hall–Kier alpha value is -2.80. The van der Waals surface area contributed by atoms with Crippen molar-refractivity contribution in [1.29, 1.82) is 0 Å². The van der Waals surface area contributed by atoms with Gasteiger partial charge < -0.3 is 14.6 Å². The molecule has 1 fully saturated rings. The Morgan fingerprint density at radius 3 is 2.72 bits per heavy atom. The lowest BCUT2D eigenvalue weighted by molar-refractivity contribution is -0.127. The van der Waals surface area contributed by atoms with Crippen molar-refractivity contribution in [1.82, 2.24) is 9.88 Å². The third-order valence-corrected chi connectivity index (χ3v) is 7.91. The first-order valence-corrected chi connectivity index (χ1v) is 12.1. The number of nitrogens with one attached hydrogen (secondary N) is 1. The molecule has 2 aliphatic rings. The number of anilines is 1. The molecule has 0 bridgehead atoms. The highest BCUT2D eigenvalue weighted by atomic mass is 32.1. The quantitative estimate of drug-likeness (QED) is 0.618.